The summed E-state index contributed by atoms with van der Waals surface area (Å²) >= 11 is 0. The molecule has 1 unspecified atom stereocenters. The molecule has 0 fully saturated rings. The molecule has 2 N–H and O–H groups in total. The van der Waals surface area contributed by atoms with Gasteiger partial charge in [0.2, 0.25) is 0 Å². The van der Waals surface area contributed by atoms with Crippen LogP contribution < -0.4 is 5.73 Å². The second-order valence-corrected chi connectivity index (χ2v) is 5.65. The first-order chi connectivity index (χ1) is 8.53. The third-order valence-corrected chi connectivity index (χ3v) is 3.65. The van der Waals surface area contributed by atoms with Crippen molar-refractivity contribution in [3.8, 4) is 0 Å². The van der Waals surface area contributed by atoms with Crippen molar-refractivity contribution in [1.29, 1.82) is 0 Å². The fourth-order valence-corrected chi connectivity index (χ4v) is 2.72. The van der Waals surface area contributed by atoms with Crippen LogP contribution in [0.3, 0.4) is 0 Å². The second kappa shape index (κ2) is 6.91. The quantitative estimate of drug-likeness (QED) is 0.803. The van der Waals surface area contributed by atoms with Gasteiger partial charge in [-0.15, -0.1) is 0 Å². The fourth-order valence-electron chi connectivity index (χ4n) is 2.72. The van der Waals surface area contributed by atoms with Crippen molar-refractivity contribution in [2.75, 3.05) is 13.1 Å². The van der Waals surface area contributed by atoms with Crippen molar-refractivity contribution in [1.82, 2.24) is 4.90 Å². The van der Waals surface area contributed by atoms with Crippen LogP contribution in [0.15, 0.2) is 30.3 Å². The highest BCUT2D eigenvalue weighted by atomic mass is 15.2. The topological polar surface area (TPSA) is 29.3 Å². The van der Waals surface area contributed by atoms with Gasteiger partial charge in [-0.2, -0.15) is 0 Å². The summed E-state index contributed by atoms with van der Waals surface area (Å²) in [6.07, 6.45) is 2.19. The van der Waals surface area contributed by atoms with Crippen molar-refractivity contribution in [3.05, 3.63) is 35.9 Å². The molecule has 0 heterocycles. The fraction of sp³-hybridized carbons (Fsp3) is 0.625. The average Bonchev–Trinajstić information content (AvgIpc) is 2.36. The number of nitrogens with two attached hydrogens (primary N) is 1. The van der Waals surface area contributed by atoms with Gasteiger partial charge in [-0.3, -0.25) is 4.90 Å². The van der Waals surface area contributed by atoms with Crippen LogP contribution in [0.4, 0.5) is 0 Å². The van der Waals surface area contributed by atoms with E-state index in [-0.39, 0.29) is 5.54 Å². The third-order valence-electron chi connectivity index (χ3n) is 3.65. The third kappa shape index (κ3) is 3.82. The summed E-state index contributed by atoms with van der Waals surface area (Å²) in [5.41, 5.74) is 7.50. The van der Waals surface area contributed by atoms with Gasteiger partial charge in [-0.05, 0) is 45.7 Å². The van der Waals surface area contributed by atoms with Gasteiger partial charge in [0.15, 0.2) is 0 Å². The van der Waals surface area contributed by atoms with Crippen molar-refractivity contribution in [2.24, 2.45) is 5.73 Å². The van der Waals surface area contributed by atoms with Gasteiger partial charge in [-0.1, -0.05) is 37.3 Å². The lowest BCUT2D eigenvalue weighted by Crippen LogP contribution is -2.56. The van der Waals surface area contributed by atoms with Crippen LogP contribution in [0.5, 0.6) is 0 Å². The zero-order valence-corrected chi connectivity index (χ0v) is 12.3. The lowest BCUT2D eigenvalue weighted by atomic mass is 9.89. The summed E-state index contributed by atoms with van der Waals surface area (Å²) in [6.45, 7) is 10.8. The Bertz CT molecular complexity index is 334. The lowest BCUT2D eigenvalue weighted by Gasteiger charge is -2.43. The molecule has 0 aliphatic rings. The first-order valence-electron chi connectivity index (χ1n) is 7.04. The SMILES string of the molecule is CCCN(C(C)C)C(C)(CN)Cc1ccccc1. The minimum atomic E-state index is 0.0472. The molecule has 1 aromatic carbocycles. The van der Waals surface area contributed by atoms with Crippen LogP contribution in [0.25, 0.3) is 0 Å². The Kier molecular flexibility index (Phi) is 5.83. The van der Waals surface area contributed by atoms with Crippen molar-refractivity contribution in [2.45, 2.75) is 52.1 Å². The molecule has 0 aromatic heterocycles. The minimum absolute atomic E-state index is 0.0472. The first-order valence-corrected chi connectivity index (χ1v) is 7.04. The van der Waals surface area contributed by atoms with Crippen molar-refractivity contribution in [3.63, 3.8) is 0 Å². The van der Waals surface area contributed by atoms with Crippen LogP contribution in [0.1, 0.15) is 39.7 Å². The molecule has 1 rings (SSSR count). The molecule has 0 bridgehead atoms. The van der Waals surface area contributed by atoms with E-state index in [2.05, 4.69) is 62.9 Å². The molecule has 0 spiro atoms. The second-order valence-electron chi connectivity index (χ2n) is 5.65. The van der Waals surface area contributed by atoms with Crippen molar-refractivity contribution < 1.29 is 0 Å². The summed E-state index contributed by atoms with van der Waals surface area (Å²) in [7, 11) is 0. The summed E-state index contributed by atoms with van der Waals surface area (Å²) < 4.78 is 0. The number of rotatable bonds is 7. The molecule has 1 atom stereocenters. The van der Waals surface area contributed by atoms with E-state index in [0.29, 0.717) is 12.6 Å². The Balaban J connectivity index is 2.89. The molecule has 2 nitrogen and oxygen atoms in total. The maximum Gasteiger partial charge on any atom is 0.0346 e. The molecule has 0 aliphatic heterocycles. The average molecular weight is 248 g/mol. The Morgan fingerprint density at radius 2 is 1.83 bits per heavy atom. The molecular formula is C16H28N2. The highest BCUT2D eigenvalue weighted by Gasteiger charge is 2.31. The normalized spacial score (nSPS) is 15.1. The summed E-state index contributed by atoms with van der Waals surface area (Å²) in [5.74, 6) is 0. The van der Waals surface area contributed by atoms with E-state index < -0.39 is 0 Å². The van der Waals surface area contributed by atoms with Gasteiger partial charge in [0.05, 0.1) is 0 Å². The minimum Gasteiger partial charge on any atom is -0.329 e. The standard InChI is InChI=1S/C16H28N2/c1-5-11-18(14(2)3)16(4,13-17)12-15-9-7-6-8-10-15/h6-10,14H,5,11-13,17H2,1-4H3. The maximum atomic E-state index is 6.08. The molecule has 0 saturated carbocycles. The highest BCUT2D eigenvalue weighted by molar-refractivity contribution is 5.18. The first kappa shape index (κ1) is 15.2. The van der Waals surface area contributed by atoms with Gasteiger partial charge in [0.1, 0.15) is 0 Å². The monoisotopic (exact) mass is 248 g/mol. The van der Waals surface area contributed by atoms with E-state index in [0.717, 1.165) is 13.0 Å². The largest absolute Gasteiger partial charge is 0.329 e. The van der Waals surface area contributed by atoms with Gasteiger partial charge < -0.3 is 5.73 Å². The zero-order valence-electron chi connectivity index (χ0n) is 12.3. The predicted molar refractivity (Wildman–Crippen MR) is 79.7 cm³/mol. The predicted octanol–water partition coefficient (Wildman–Crippen LogP) is 3.07. The van der Waals surface area contributed by atoms with E-state index >= 15 is 0 Å². The van der Waals surface area contributed by atoms with Crippen LogP contribution in [-0.2, 0) is 6.42 Å². The van der Waals surface area contributed by atoms with Gasteiger partial charge >= 0.3 is 0 Å². The van der Waals surface area contributed by atoms with E-state index in [4.69, 9.17) is 5.73 Å². The van der Waals surface area contributed by atoms with Gasteiger partial charge in [0.25, 0.3) is 0 Å². The Morgan fingerprint density at radius 1 is 1.22 bits per heavy atom. The van der Waals surface area contributed by atoms with E-state index in [1.807, 2.05) is 0 Å². The Hall–Kier alpha value is -0.860. The Morgan fingerprint density at radius 3 is 2.28 bits per heavy atom. The highest BCUT2D eigenvalue weighted by Crippen LogP contribution is 2.22. The molecule has 0 radical (unpaired) electrons. The van der Waals surface area contributed by atoms with Crippen LogP contribution in [0, 0.1) is 0 Å². The van der Waals surface area contributed by atoms with Crippen LogP contribution in [-0.4, -0.2) is 29.6 Å². The molecule has 18 heavy (non-hydrogen) atoms. The summed E-state index contributed by atoms with van der Waals surface area (Å²) in [6, 6.07) is 11.2. The Labute approximate surface area is 112 Å². The van der Waals surface area contributed by atoms with E-state index in [9.17, 15) is 0 Å². The smallest absolute Gasteiger partial charge is 0.0346 e. The van der Waals surface area contributed by atoms with Crippen LogP contribution >= 0.6 is 0 Å². The van der Waals surface area contributed by atoms with Crippen LogP contribution in [0.2, 0.25) is 0 Å². The molecule has 0 saturated heterocycles. The summed E-state index contributed by atoms with van der Waals surface area (Å²) in [5, 5.41) is 0. The molecular weight excluding hydrogens is 220 g/mol. The molecule has 102 valence electrons. The number of hydrogen-bond donors (Lipinski definition) is 1. The van der Waals surface area contributed by atoms with E-state index in [1.165, 1.54) is 12.0 Å². The maximum absolute atomic E-state index is 6.08. The molecule has 0 aliphatic carbocycles. The zero-order chi connectivity index (χ0) is 13.6. The van der Waals surface area contributed by atoms with Gasteiger partial charge in [0, 0.05) is 18.1 Å². The van der Waals surface area contributed by atoms with E-state index in [1.54, 1.807) is 0 Å². The number of nitrogens with zero attached hydrogens (tertiary/aromatic N) is 1. The molecule has 2 heteroatoms. The van der Waals surface area contributed by atoms with Gasteiger partial charge in [-0.25, -0.2) is 0 Å². The summed E-state index contributed by atoms with van der Waals surface area (Å²) in [4.78, 5) is 2.54. The molecule has 0 amide bonds. The number of hydrogen-bond acceptors (Lipinski definition) is 2. The molecule has 1 aromatic rings. The van der Waals surface area contributed by atoms with Crippen molar-refractivity contribution >= 4 is 0 Å². The lowest BCUT2D eigenvalue weighted by molar-refractivity contribution is 0.0758. The number of benzene rings is 1.